The maximum atomic E-state index is 12.6. The molecule has 0 fully saturated rings. The molecule has 34 heavy (non-hydrogen) atoms. The van der Waals surface area contributed by atoms with Crippen LogP contribution in [0.4, 0.5) is 0 Å². The van der Waals surface area contributed by atoms with Gasteiger partial charge in [0.2, 0.25) is 5.91 Å². The number of nitrogens with one attached hydrogen (secondary N) is 1. The van der Waals surface area contributed by atoms with Crippen molar-refractivity contribution in [2.45, 2.75) is 31.1 Å². The second-order valence-corrected chi connectivity index (χ2v) is 8.44. The van der Waals surface area contributed by atoms with E-state index in [1.54, 1.807) is 44.6 Å². The Morgan fingerprint density at radius 1 is 1.06 bits per heavy atom. The van der Waals surface area contributed by atoms with E-state index >= 15 is 0 Å². The number of benzene rings is 2. The Morgan fingerprint density at radius 2 is 1.68 bits per heavy atom. The molecule has 1 amide bonds. The van der Waals surface area contributed by atoms with Crippen molar-refractivity contribution in [3.05, 3.63) is 78.1 Å². The summed E-state index contributed by atoms with van der Waals surface area (Å²) in [6, 6.07) is 14.0. The first-order chi connectivity index (χ1) is 16.4. The van der Waals surface area contributed by atoms with Crippen molar-refractivity contribution < 1.29 is 19.1 Å². The molecule has 2 aromatic carbocycles. The van der Waals surface area contributed by atoms with Gasteiger partial charge in [-0.25, -0.2) is 0 Å². The number of aromatic nitrogens is 3. The van der Waals surface area contributed by atoms with E-state index in [0.717, 1.165) is 11.3 Å². The summed E-state index contributed by atoms with van der Waals surface area (Å²) in [7, 11) is 3.18. The molecule has 0 aliphatic heterocycles. The van der Waals surface area contributed by atoms with Crippen molar-refractivity contribution in [1.29, 1.82) is 0 Å². The molecular weight excluding hydrogens is 452 g/mol. The molecule has 0 saturated heterocycles. The number of ketones is 1. The van der Waals surface area contributed by atoms with Crippen LogP contribution in [0.15, 0.2) is 66.3 Å². The quantitative estimate of drug-likeness (QED) is 0.239. The normalized spacial score (nSPS) is 11.5. The zero-order chi connectivity index (χ0) is 24.5. The number of thioether (sulfide) groups is 1. The van der Waals surface area contributed by atoms with E-state index in [2.05, 4.69) is 22.1 Å². The Morgan fingerprint density at radius 3 is 2.26 bits per heavy atom. The van der Waals surface area contributed by atoms with Crippen LogP contribution in [0.25, 0.3) is 0 Å². The molecular formula is C25H28N4O4S. The number of nitrogens with zero attached hydrogens (tertiary/aromatic N) is 3. The monoisotopic (exact) mass is 480 g/mol. The van der Waals surface area contributed by atoms with Gasteiger partial charge in [-0.3, -0.25) is 9.59 Å². The van der Waals surface area contributed by atoms with Crippen LogP contribution in [0.2, 0.25) is 0 Å². The van der Waals surface area contributed by atoms with Crippen molar-refractivity contribution in [3.8, 4) is 11.5 Å². The van der Waals surface area contributed by atoms with Gasteiger partial charge in [0.1, 0.15) is 11.5 Å². The second-order valence-electron chi connectivity index (χ2n) is 7.49. The minimum Gasteiger partial charge on any atom is -0.497 e. The van der Waals surface area contributed by atoms with Crippen molar-refractivity contribution in [2.24, 2.45) is 0 Å². The van der Waals surface area contributed by atoms with Crippen molar-refractivity contribution in [1.82, 2.24) is 20.1 Å². The molecule has 1 unspecified atom stereocenters. The number of Topliss-reactive ketones (excluding diaryl/α,β-unsaturated/α-hetero) is 1. The van der Waals surface area contributed by atoms with Gasteiger partial charge < -0.3 is 19.4 Å². The van der Waals surface area contributed by atoms with E-state index in [-0.39, 0.29) is 29.9 Å². The number of rotatable bonds is 12. The lowest BCUT2D eigenvalue weighted by atomic mass is 10.1. The average Bonchev–Trinajstić information content (AvgIpc) is 3.25. The fourth-order valence-electron chi connectivity index (χ4n) is 3.30. The molecule has 1 heterocycles. The maximum absolute atomic E-state index is 12.6. The summed E-state index contributed by atoms with van der Waals surface area (Å²) in [5.74, 6) is 2.09. The van der Waals surface area contributed by atoms with Crippen LogP contribution < -0.4 is 14.8 Å². The van der Waals surface area contributed by atoms with Crippen LogP contribution in [0, 0.1) is 0 Å². The molecule has 0 aliphatic carbocycles. The summed E-state index contributed by atoms with van der Waals surface area (Å²) in [5.41, 5.74) is 1.48. The fraction of sp³-hybridized carbons (Fsp3) is 0.280. The lowest BCUT2D eigenvalue weighted by Crippen LogP contribution is -2.30. The Bertz CT molecular complexity index is 1130. The summed E-state index contributed by atoms with van der Waals surface area (Å²) in [4.78, 5) is 25.1. The number of hydrogen-bond acceptors (Lipinski definition) is 7. The summed E-state index contributed by atoms with van der Waals surface area (Å²) >= 11 is 1.30. The molecule has 3 aromatic rings. The first-order valence-electron chi connectivity index (χ1n) is 10.7. The van der Waals surface area contributed by atoms with Crippen molar-refractivity contribution in [2.75, 3.05) is 20.0 Å². The topological polar surface area (TPSA) is 95.3 Å². The van der Waals surface area contributed by atoms with Gasteiger partial charge in [-0.2, -0.15) is 0 Å². The highest BCUT2D eigenvalue weighted by molar-refractivity contribution is 7.99. The standard InChI is InChI=1S/C25H28N4O4S/c1-5-14-29-24(17(2)26-23(31)15-18-6-10-20(32-3)11-7-18)27-28-25(29)34-16-22(30)19-8-12-21(33-4)13-9-19/h5-13,17H,1,14-16H2,2-4H3,(H,26,31). The van der Waals surface area contributed by atoms with Gasteiger partial charge >= 0.3 is 0 Å². The highest BCUT2D eigenvalue weighted by atomic mass is 32.2. The Hall–Kier alpha value is -3.59. The number of hydrogen-bond donors (Lipinski definition) is 1. The lowest BCUT2D eigenvalue weighted by molar-refractivity contribution is -0.121. The van der Waals surface area contributed by atoms with Gasteiger partial charge in [0, 0.05) is 12.1 Å². The van der Waals surface area contributed by atoms with E-state index < -0.39 is 0 Å². The first kappa shape index (κ1) is 25.0. The smallest absolute Gasteiger partial charge is 0.224 e. The predicted octanol–water partition coefficient (Wildman–Crippen LogP) is 3.88. The van der Waals surface area contributed by atoms with Crippen LogP contribution in [0.3, 0.4) is 0 Å². The zero-order valence-corrected chi connectivity index (χ0v) is 20.3. The van der Waals surface area contributed by atoms with Gasteiger partial charge in [0.25, 0.3) is 0 Å². The van der Waals surface area contributed by atoms with Gasteiger partial charge in [-0.15, -0.1) is 16.8 Å². The lowest BCUT2D eigenvalue weighted by Gasteiger charge is -2.15. The molecule has 8 nitrogen and oxygen atoms in total. The van der Waals surface area contributed by atoms with Gasteiger partial charge in [-0.05, 0) is 48.9 Å². The molecule has 0 radical (unpaired) electrons. The van der Waals surface area contributed by atoms with Crippen LogP contribution in [-0.4, -0.2) is 46.4 Å². The number of allylic oxidation sites excluding steroid dienone is 1. The number of amides is 1. The number of methoxy groups -OCH3 is 2. The Labute approximate surface area is 203 Å². The van der Waals surface area contributed by atoms with Crippen LogP contribution in [0.1, 0.15) is 34.7 Å². The molecule has 1 atom stereocenters. The van der Waals surface area contributed by atoms with E-state index in [1.807, 2.05) is 35.8 Å². The molecule has 0 aliphatic rings. The van der Waals surface area contributed by atoms with Gasteiger partial charge in [0.05, 0.1) is 32.4 Å². The largest absolute Gasteiger partial charge is 0.497 e. The van der Waals surface area contributed by atoms with E-state index in [4.69, 9.17) is 9.47 Å². The van der Waals surface area contributed by atoms with E-state index in [0.29, 0.717) is 28.8 Å². The van der Waals surface area contributed by atoms with Crippen molar-refractivity contribution >= 4 is 23.5 Å². The molecule has 9 heteroatoms. The molecule has 1 N–H and O–H groups in total. The first-order valence-corrected chi connectivity index (χ1v) is 11.7. The third-order valence-electron chi connectivity index (χ3n) is 5.09. The minimum absolute atomic E-state index is 0.0248. The number of carbonyl (C=O) groups excluding carboxylic acids is 2. The molecule has 0 spiro atoms. The summed E-state index contributed by atoms with van der Waals surface area (Å²) in [5, 5.41) is 12.1. The van der Waals surface area contributed by atoms with Gasteiger partial charge in [0.15, 0.2) is 16.8 Å². The third kappa shape index (κ3) is 6.48. The van der Waals surface area contributed by atoms with E-state index in [9.17, 15) is 9.59 Å². The molecule has 178 valence electrons. The second kappa shape index (κ2) is 12.0. The van der Waals surface area contributed by atoms with E-state index in [1.165, 1.54) is 11.8 Å². The average molecular weight is 481 g/mol. The highest BCUT2D eigenvalue weighted by Crippen LogP contribution is 2.22. The Balaban J connectivity index is 1.63. The van der Waals surface area contributed by atoms with Crippen LogP contribution >= 0.6 is 11.8 Å². The minimum atomic E-state index is -0.371. The van der Waals surface area contributed by atoms with Gasteiger partial charge in [-0.1, -0.05) is 30.0 Å². The number of ether oxygens (including phenoxy) is 2. The number of carbonyl (C=O) groups is 2. The molecule has 1 aromatic heterocycles. The molecule has 0 saturated carbocycles. The maximum Gasteiger partial charge on any atom is 0.224 e. The van der Waals surface area contributed by atoms with Crippen LogP contribution in [0.5, 0.6) is 11.5 Å². The summed E-state index contributed by atoms with van der Waals surface area (Å²) in [6.07, 6.45) is 1.97. The predicted molar refractivity (Wildman–Crippen MR) is 132 cm³/mol. The Kier molecular flexibility index (Phi) is 8.86. The fourth-order valence-corrected chi connectivity index (χ4v) is 4.15. The SMILES string of the molecule is C=CCn1c(SCC(=O)c2ccc(OC)cc2)nnc1C(C)NC(=O)Cc1ccc(OC)cc1. The molecule has 0 bridgehead atoms. The highest BCUT2D eigenvalue weighted by Gasteiger charge is 2.20. The summed E-state index contributed by atoms with van der Waals surface area (Å²) < 4.78 is 12.1. The van der Waals surface area contributed by atoms with Crippen LogP contribution in [-0.2, 0) is 17.8 Å². The molecule has 3 rings (SSSR count). The van der Waals surface area contributed by atoms with Crippen molar-refractivity contribution in [3.63, 3.8) is 0 Å². The third-order valence-corrected chi connectivity index (χ3v) is 6.06. The summed E-state index contributed by atoms with van der Waals surface area (Å²) in [6.45, 7) is 6.12. The zero-order valence-electron chi connectivity index (χ0n) is 19.5.